The number of hydrogen-bond donors (Lipinski definition) is 1. The van der Waals surface area contributed by atoms with E-state index in [0.29, 0.717) is 0 Å². The van der Waals surface area contributed by atoms with Crippen LogP contribution in [0.5, 0.6) is 0 Å². The second kappa shape index (κ2) is 15.2. The van der Waals surface area contributed by atoms with E-state index in [4.69, 9.17) is 0 Å². The van der Waals surface area contributed by atoms with Gasteiger partial charge in [-0.2, -0.15) is 0 Å². The Hall–Kier alpha value is -5.28. The third kappa shape index (κ3) is 6.18. The summed E-state index contributed by atoms with van der Waals surface area (Å²) in [5.74, 6) is -71.4. The number of halogens is 20. The van der Waals surface area contributed by atoms with Gasteiger partial charge in [-0.1, -0.05) is 18.2 Å². The summed E-state index contributed by atoms with van der Waals surface area (Å²) in [4.78, 5) is 0. The third-order valence-electron chi connectivity index (χ3n) is 7.95. The summed E-state index contributed by atoms with van der Waals surface area (Å²) in [5.41, 5.74) is -13.0. The maximum absolute atomic E-state index is 15.4. The van der Waals surface area contributed by atoms with Crippen molar-refractivity contribution in [1.82, 2.24) is 0 Å². The first kappa shape index (κ1) is 41.5. The number of rotatable bonds is 6. The molecule has 0 atom stereocenters. The smallest absolute Gasteiger partial charge is 0.200 e. The molecule has 0 aliphatic heterocycles. The molecule has 0 aliphatic rings. The van der Waals surface area contributed by atoms with Crippen LogP contribution in [0.2, 0.25) is 0 Å². The SMILES string of the molecule is CC[NH2+]c1ccccc1.Fc1c(F)c(F)c([B-](c2c(F)c(F)c(F)c(F)c2F)(c2c(F)c(F)c(F)c(F)c2F)c2c(F)c(F)c(F)c(F)c2F)c(F)c1F. The number of hydrogen-bond acceptors (Lipinski definition) is 0. The highest BCUT2D eigenvalue weighted by atomic mass is 19.2. The van der Waals surface area contributed by atoms with Gasteiger partial charge in [0.1, 0.15) is 58.4 Å². The number of benzene rings is 5. The van der Waals surface area contributed by atoms with Crippen molar-refractivity contribution in [3.63, 3.8) is 0 Å². The van der Waals surface area contributed by atoms with E-state index < -0.39 is 144 Å². The molecule has 0 saturated heterocycles. The molecule has 5 aromatic rings. The van der Waals surface area contributed by atoms with E-state index >= 15 is 35.1 Å². The van der Waals surface area contributed by atoms with Gasteiger partial charge < -0.3 is 5.32 Å². The van der Waals surface area contributed by atoms with E-state index in [2.05, 4.69) is 36.5 Å². The zero-order chi connectivity index (χ0) is 40.9. The third-order valence-corrected chi connectivity index (χ3v) is 7.95. The molecule has 0 aliphatic carbocycles. The molecule has 0 unspecified atom stereocenters. The lowest BCUT2D eigenvalue weighted by atomic mass is 9.12. The lowest BCUT2D eigenvalue weighted by Gasteiger charge is -2.44. The van der Waals surface area contributed by atoms with E-state index in [0.717, 1.165) is 6.54 Å². The van der Waals surface area contributed by atoms with Gasteiger partial charge in [-0.25, -0.2) is 87.8 Å². The van der Waals surface area contributed by atoms with Crippen molar-refractivity contribution in [2.24, 2.45) is 0 Å². The summed E-state index contributed by atoms with van der Waals surface area (Å²) in [6.07, 6.45) is -7.22. The number of para-hydroxylation sites is 1. The highest BCUT2D eigenvalue weighted by molar-refractivity contribution is 7.20. The van der Waals surface area contributed by atoms with Gasteiger partial charge in [-0.3, -0.25) is 0 Å². The van der Waals surface area contributed by atoms with Crippen molar-refractivity contribution in [1.29, 1.82) is 0 Å². The van der Waals surface area contributed by atoms with Crippen LogP contribution in [-0.2, 0) is 0 Å². The molecule has 0 saturated carbocycles. The Morgan fingerprint density at radius 2 is 0.500 bits per heavy atom. The van der Waals surface area contributed by atoms with Gasteiger partial charge in [0, 0.05) is 0 Å². The summed E-state index contributed by atoms with van der Waals surface area (Å²) in [7, 11) is 0. The summed E-state index contributed by atoms with van der Waals surface area (Å²) >= 11 is 0. The fraction of sp³-hybridized carbons (Fsp3) is 0.0625. The highest BCUT2D eigenvalue weighted by Gasteiger charge is 2.52. The van der Waals surface area contributed by atoms with Gasteiger partial charge in [-0.05, 0) is 19.1 Å². The van der Waals surface area contributed by atoms with Crippen molar-refractivity contribution >= 4 is 33.7 Å². The molecule has 0 radical (unpaired) electrons. The fourth-order valence-corrected chi connectivity index (χ4v) is 5.70. The summed E-state index contributed by atoms with van der Waals surface area (Å²) in [6.45, 7) is 3.26. The predicted octanol–water partition coefficient (Wildman–Crippen LogP) is 6.75. The van der Waals surface area contributed by atoms with Gasteiger partial charge in [-0.15, -0.1) is 21.9 Å². The van der Waals surface area contributed by atoms with Crippen LogP contribution in [0.4, 0.5) is 93.5 Å². The van der Waals surface area contributed by atoms with E-state index in [1.54, 1.807) is 0 Å². The molecule has 1 nitrogen and oxygen atoms in total. The normalized spacial score (nSPS) is 11.6. The Labute approximate surface area is 287 Å². The van der Waals surface area contributed by atoms with Crippen molar-refractivity contribution in [2.75, 3.05) is 6.54 Å². The van der Waals surface area contributed by atoms with Crippen LogP contribution in [0.1, 0.15) is 6.92 Å². The maximum Gasteiger partial charge on any atom is 0.200 e. The van der Waals surface area contributed by atoms with Crippen LogP contribution in [0.3, 0.4) is 0 Å². The van der Waals surface area contributed by atoms with E-state index in [1.807, 2.05) is 6.07 Å². The molecular weight excluding hydrogens is 789 g/mol. The first-order valence-electron chi connectivity index (χ1n) is 14.2. The number of quaternary nitrogens is 1. The molecule has 54 heavy (non-hydrogen) atoms. The standard InChI is InChI=1S/C24BF20.C8H11N/c26-5-1(6(27)14(35)21(42)13(5)34)25(2-7(28)15(36)22(43)16(37)8(2)29,3-9(30)17(38)23(44)18(39)10(3)31)4-11(32)19(40)24(45)20(41)12(4)33;1-2-9-8-6-4-3-5-7-8/h;3-7,9H,2H2,1H3/q-1;/p+1. The van der Waals surface area contributed by atoms with Gasteiger partial charge in [0.05, 0.1) is 6.54 Å². The van der Waals surface area contributed by atoms with Crippen molar-refractivity contribution in [2.45, 2.75) is 6.92 Å². The Morgan fingerprint density at radius 1 is 0.315 bits per heavy atom. The molecule has 0 heterocycles. The molecule has 5 rings (SSSR count). The Balaban J connectivity index is 0.000000631. The second-order valence-electron chi connectivity index (χ2n) is 10.8. The van der Waals surface area contributed by atoms with Crippen LogP contribution in [-0.4, -0.2) is 12.7 Å². The van der Waals surface area contributed by atoms with Gasteiger partial charge >= 0.3 is 0 Å². The maximum atomic E-state index is 15.4. The lowest BCUT2D eigenvalue weighted by Crippen LogP contribution is -2.81. The minimum absolute atomic E-state index is 1.12. The quantitative estimate of drug-likeness (QED) is 0.0645. The zero-order valence-corrected chi connectivity index (χ0v) is 25.8. The lowest BCUT2D eigenvalue weighted by molar-refractivity contribution is -0.567. The van der Waals surface area contributed by atoms with Crippen molar-refractivity contribution in [3.8, 4) is 0 Å². The van der Waals surface area contributed by atoms with Gasteiger partial charge in [0.15, 0.2) is 69.8 Å². The second-order valence-corrected chi connectivity index (χ2v) is 10.8. The minimum Gasteiger partial charge on any atom is -0.314 e. The van der Waals surface area contributed by atoms with E-state index in [1.165, 1.54) is 5.69 Å². The number of nitrogens with two attached hydrogens (primary N) is 1. The topological polar surface area (TPSA) is 16.6 Å². The van der Waals surface area contributed by atoms with E-state index in [9.17, 15) is 52.7 Å². The summed E-state index contributed by atoms with van der Waals surface area (Å²) in [5, 5.41) is 2.21. The molecule has 0 spiro atoms. The first-order valence-corrected chi connectivity index (χ1v) is 14.2. The molecule has 0 aromatic heterocycles. The monoisotopic (exact) mass is 801 g/mol. The molecular formula is C32H12BF20N. The summed E-state index contributed by atoms with van der Waals surface area (Å²) in [6, 6.07) is 10.4. The molecule has 288 valence electrons. The molecule has 0 bridgehead atoms. The predicted molar refractivity (Wildman–Crippen MR) is 148 cm³/mol. The van der Waals surface area contributed by atoms with Crippen molar-refractivity contribution in [3.05, 3.63) is 147 Å². The Bertz CT molecular complexity index is 1910. The molecule has 0 amide bonds. The average Bonchev–Trinajstić information content (AvgIpc) is 3.15. The van der Waals surface area contributed by atoms with Crippen LogP contribution in [0.25, 0.3) is 0 Å². The van der Waals surface area contributed by atoms with Crippen LogP contribution < -0.4 is 27.2 Å². The summed E-state index contributed by atoms with van der Waals surface area (Å²) < 4.78 is 294. The molecule has 5 aromatic carbocycles. The molecule has 22 heteroatoms. The molecule has 0 fully saturated rings. The Kier molecular flexibility index (Phi) is 11.7. The van der Waals surface area contributed by atoms with Gasteiger partial charge in [0.25, 0.3) is 0 Å². The minimum atomic E-state index is -7.22. The highest BCUT2D eigenvalue weighted by Crippen LogP contribution is 2.30. The van der Waals surface area contributed by atoms with Crippen LogP contribution >= 0.6 is 0 Å². The van der Waals surface area contributed by atoms with Crippen LogP contribution in [0.15, 0.2) is 30.3 Å². The zero-order valence-electron chi connectivity index (χ0n) is 25.8. The van der Waals surface area contributed by atoms with Gasteiger partial charge in [0.2, 0.25) is 0 Å². The Morgan fingerprint density at radius 3 is 0.685 bits per heavy atom. The van der Waals surface area contributed by atoms with E-state index in [-0.39, 0.29) is 0 Å². The van der Waals surface area contributed by atoms with Crippen molar-refractivity contribution < 1.29 is 93.1 Å². The van der Waals surface area contributed by atoms with Crippen LogP contribution in [0, 0.1) is 116 Å². The first-order chi connectivity index (χ1) is 25.1. The average molecular weight is 801 g/mol. The molecule has 2 N–H and O–H groups in total. The largest absolute Gasteiger partial charge is 0.314 e. The fourth-order valence-electron chi connectivity index (χ4n) is 5.70.